The van der Waals surface area contributed by atoms with Crippen LogP contribution in [0.25, 0.3) is 11.0 Å². The van der Waals surface area contributed by atoms with E-state index in [-0.39, 0.29) is 17.3 Å². The lowest BCUT2D eigenvalue weighted by Gasteiger charge is -2.16. The van der Waals surface area contributed by atoms with E-state index in [9.17, 15) is 14.7 Å². The summed E-state index contributed by atoms with van der Waals surface area (Å²) in [6.07, 6.45) is 0. The van der Waals surface area contributed by atoms with Crippen molar-refractivity contribution in [1.29, 1.82) is 0 Å². The minimum atomic E-state index is -1.02. The van der Waals surface area contributed by atoms with E-state index < -0.39 is 5.97 Å². The smallest absolute Gasteiger partial charge is 0.339 e. The first-order valence-electron chi connectivity index (χ1n) is 7.83. The first-order chi connectivity index (χ1) is 12.0. The van der Waals surface area contributed by atoms with Gasteiger partial charge in [0.2, 0.25) is 0 Å². The number of aromatic amines is 2. The Bertz CT molecular complexity index is 974. The average molecular weight is 341 g/mol. The lowest BCUT2D eigenvalue weighted by atomic mass is 10.0. The quantitative estimate of drug-likeness (QED) is 0.551. The minimum absolute atomic E-state index is 0.0509. The van der Waals surface area contributed by atoms with Crippen LogP contribution in [-0.2, 0) is 6.54 Å². The molecule has 0 saturated carbocycles. The van der Waals surface area contributed by atoms with Crippen molar-refractivity contribution in [2.24, 2.45) is 0 Å². The summed E-state index contributed by atoms with van der Waals surface area (Å²) in [5, 5.41) is 12.6. The van der Waals surface area contributed by atoms with Crippen LogP contribution in [0.15, 0.2) is 41.2 Å². The summed E-state index contributed by atoms with van der Waals surface area (Å²) in [6.45, 7) is 2.54. The summed E-state index contributed by atoms with van der Waals surface area (Å²) >= 11 is 0. The highest BCUT2D eigenvalue weighted by atomic mass is 16.5. The Morgan fingerprint density at radius 2 is 1.96 bits per heavy atom. The number of fused-ring (bicyclic) bond motifs is 1. The van der Waals surface area contributed by atoms with Crippen molar-refractivity contribution >= 4 is 17.0 Å². The molecule has 1 atom stereocenters. The highest BCUT2D eigenvalue weighted by Crippen LogP contribution is 2.23. The van der Waals surface area contributed by atoms with Crippen LogP contribution >= 0.6 is 0 Å². The average Bonchev–Trinajstić information content (AvgIpc) is 2.98. The number of carbonyl (C=O) groups is 1. The Morgan fingerprint density at radius 3 is 2.68 bits per heavy atom. The standard InChI is InChI=1S/C18H19N3O4/c1-10(12-4-6-16(25-2)13(8-12)17(22)23)19-9-11-3-5-14-15(7-11)21-18(24)20-14/h3-8,10,19H,9H2,1-2H3,(H,22,23)(H2,20,21,24)/t10-/m0/s1. The number of rotatable bonds is 6. The second kappa shape index (κ2) is 6.82. The van der Waals surface area contributed by atoms with E-state index >= 15 is 0 Å². The van der Waals surface area contributed by atoms with Gasteiger partial charge in [0.25, 0.3) is 0 Å². The lowest BCUT2D eigenvalue weighted by molar-refractivity contribution is 0.0693. The second-order valence-electron chi connectivity index (χ2n) is 5.83. The molecular formula is C18H19N3O4. The molecule has 0 bridgehead atoms. The summed E-state index contributed by atoms with van der Waals surface area (Å²) in [4.78, 5) is 28.1. The Balaban J connectivity index is 1.74. The topological polar surface area (TPSA) is 107 Å². The molecule has 0 aliphatic heterocycles. The molecule has 1 heterocycles. The van der Waals surface area contributed by atoms with Gasteiger partial charge in [-0.1, -0.05) is 12.1 Å². The van der Waals surface area contributed by atoms with Crippen molar-refractivity contribution in [1.82, 2.24) is 15.3 Å². The second-order valence-corrected chi connectivity index (χ2v) is 5.83. The molecule has 0 amide bonds. The van der Waals surface area contributed by atoms with Crippen molar-refractivity contribution in [3.8, 4) is 5.75 Å². The van der Waals surface area contributed by atoms with Crippen molar-refractivity contribution < 1.29 is 14.6 Å². The third kappa shape index (κ3) is 3.56. The fraction of sp³-hybridized carbons (Fsp3) is 0.222. The van der Waals surface area contributed by atoms with Gasteiger partial charge < -0.3 is 25.1 Å². The SMILES string of the molecule is COc1ccc([C@H](C)NCc2ccc3[nH]c(=O)[nH]c3c2)cc1C(=O)O. The van der Waals surface area contributed by atoms with E-state index in [0.29, 0.717) is 12.3 Å². The van der Waals surface area contributed by atoms with Gasteiger partial charge in [0.1, 0.15) is 11.3 Å². The van der Waals surface area contributed by atoms with Crippen LogP contribution in [0, 0.1) is 0 Å². The summed E-state index contributed by atoms with van der Waals surface area (Å²) in [5.41, 5.74) is 3.31. The normalized spacial score (nSPS) is 12.2. The number of benzene rings is 2. The van der Waals surface area contributed by atoms with Crippen molar-refractivity contribution in [2.45, 2.75) is 19.5 Å². The maximum atomic E-state index is 11.3. The highest BCUT2D eigenvalue weighted by molar-refractivity contribution is 5.91. The van der Waals surface area contributed by atoms with E-state index in [2.05, 4.69) is 15.3 Å². The number of carboxylic acids is 1. The first kappa shape index (κ1) is 16.8. The molecule has 0 aliphatic carbocycles. The number of ether oxygens (including phenoxy) is 1. The van der Waals surface area contributed by atoms with E-state index in [4.69, 9.17) is 4.74 Å². The van der Waals surface area contributed by atoms with Gasteiger partial charge in [-0.15, -0.1) is 0 Å². The van der Waals surface area contributed by atoms with Crippen LogP contribution in [0.5, 0.6) is 5.75 Å². The van der Waals surface area contributed by atoms with Crippen LogP contribution in [0.3, 0.4) is 0 Å². The molecule has 2 aromatic carbocycles. The van der Waals surface area contributed by atoms with E-state index in [1.807, 2.05) is 31.2 Å². The molecule has 130 valence electrons. The molecule has 0 unspecified atom stereocenters. The van der Waals surface area contributed by atoms with Gasteiger partial charge in [-0.3, -0.25) is 0 Å². The number of aromatic carboxylic acids is 1. The third-order valence-corrected chi connectivity index (χ3v) is 4.15. The molecule has 7 nitrogen and oxygen atoms in total. The molecule has 4 N–H and O–H groups in total. The third-order valence-electron chi connectivity index (χ3n) is 4.15. The molecule has 25 heavy (non-hydrogen) atoms. The molecule has 0 radical (unpaired) electrons. The molecule has 0 fully saturated rings. The zero-order valence-corrected chi connectivity index (χ0v) is 13.9. The summed E-state index contributed by atoms with van der Waals surface area (Å²) in [6, 6.07) is 10.8. The highest BCUT2D eigenvalue weighted by Gasteiger charge is 2.14. The fourth-order valence-electron chi connectivity index (χ4n) is 2.74. The van der Waals surface area contributed by atoms with Gasteiger partial charge in [0, 0.05) is 12.6 Å². The summed E-state index contributed by atoms with van der Waals surface area (Å²) < 4.78 is 5.08. The summed E-state index contributed by atoms with van der Waals surface area (Å²) in [7, 11) is 1.45. The van der Waals surface area contributed by atoms with E-state index in [0.717, 1.165) is 22.2 Å². The molecule has 1 aromatic heterocycles. The van der Waals surface area contributed by atoms with Gasteiger partial charge in [-0.2, -0.15) is 0 Å². The van der Waals surface area contributed by atoms with Crippen molar-refractivity contribution in [3.63, 3.8) is 0 Å². The van der Waals surface area contributed by atoms with Crippen LogP contribution < -0.4 is 15.7 Å². The number of hydrogen-bond acceptors (Lipinski definition) is 4. The van der Waals surface area contributed by atoms with Crippen molar-refractivity contribution in [3.05, 3.63) is 63.6 Å². The largest absolute Gasteiger partial charge is 0.496 e. The number of carboxylic acid groups (broad SMARTS) is 1. The predicted octanol–water partition coefficient (Wildman–Crippen LogP) is 2.41. The number of nitrogens with one attached hydrogen (secondary N) is 3. The number of hydrogen-bond donors (Lipinski definition) is 4. The fourth-order valence-corrected chi connectivity index (χ4v) is 2.74. The molecular weight excluding hydrogens is 322 g/mol. The zero-order valence-electron chi connectivity index (χ0n) is 13.9. The predicted molar refractivity (Wildman–Crippen MR) is 94.1 cm³/mol. The molecule has 3 aromatic rings. The Labute approximate surface area is 143 Å². The Kier molecular flexibility index (Phi) is 4.58. The zero-order chi connectivity index (χ0) is 18.0. The van der Waals surface area contributed by atoms with Gasteiger partial charge in [-0.05, 0) is 42.3 Å². The number of H-pyrrole nitrogens is 2. The Hall–Kier alpha value is -3.06. The Morgan fingerprint density at radius 1 is 1.20 bits per heavy atom. The van der Waals surface area contributed by atoms with Crippen LogP contribution in [0.1, 0.15) is 34.5 Å². The van der Waals surface area contributed by atoms with E-state index in [1.54, 1.807) is 12.1 Å². The van der Waals surface area contributed by atoms with Gasteiger partial charge in [0.05, 0.1) is 18.1 Å². The number of methoxy groups -OCH3 is 1. The molecule has 3 rings (SSSR count). The van der Waals surface area contributed by atoms with Gasteiger partial charge in [-0.25, -0.2) is 9.59 Å². The van der Waals surface area contributed by atoms with Crippen molar-refractivity contribution in [2.75, 3.05) is 7.11 Å². The van der Waals surface area contributed by atoms with Crippen LogP contribution in [-0.4, -0.2) is 28.2 Å². The van der Waals surface area contributed by atoms with E-state index in [1.165, 1.54) is 7.11 Å². The summed E-state index contributed by atoms with van der Waals surface area (Å²) in [5.74, 6) is -0.682. The van der Waals surface area contributed by atoms with Gasteiger partial charge >= 0.3 is 11.7 Å². The minimum Gasteiger partial charge on any atom is -0.496 e. The molecule has 0 aliphatic rings. The molecule has 0 spiro atoms. The van der Waals surface area contributed by atoms with Crippen LogP contribution in [0.4, 0.5) is 0 Å². The first-order valence-corrected chi connectivity index (χ1v) is 7.83. The lowest BCUT2D eigenvalue weighted by Crippen LogP contribution is -2.18. The molecule has 0 saturated heterocycles. The maximum absolute atomic E-state index is 11.3. The maximum Gasteiger partial charge on any atom is 0.339 e. The van der Waals surface area contributed by atoms with Crippen LogP contribution in [0.2, 0.25) is 0 Å². The monoisotopic (exact) mass is 341 g/mol. The number of imidazole rings is 1. The molecule has 7 heteroatoms. The number of aromatic nitrogens is 2. The van der Waals surface area contributed by atoms with Gasteiger partial charge in [0.15, 0.2) is 0 Å².